The zero-order chi connectivity index (χ0) is 19.0. The molecule has 7 heteroatoms. The summed E-state index contributed by atoms with van der Waals surface area (Å²) in [5, 5.41) is 7.04. The normalized spacial score (nSPS) is 20.1. The van der Waals surface area contributed by atoms with Gasteiger partial charge in [-0.2, -0.15) is 0 Å². The first-order valence-electron chi connectivity index (χ1n) is 10.2. The summed E-state index contributed by atoms with van der Waals surface area (Å²) in [6.45, 7) is 5.44. The van der Waals surface area contributed by atoms with Crippen LogP contribution in [0.3, 0.4) is 0 Å². The summed E-state index contributed by atoms with van der Waals surface area (Å²) in [7, 11) is 3.53. The summed E-state index contributed by atoms with van der Waals surface area (Å²) in [6.07, 6.45) is 6.50. The van der Waals surface area contributed by atoms with E-state index in [1.807, 2.05) is 19.2 Å². The molecule has 0 aromatic heterocycles. The Balaban J connectivity index is 0.00000280. The molecular weight excluding hydrogens is 467 g/mol. The fourth-order valence-corrected chi connectivity index (χ4v) is 4.29. The van der Waals surface area contributed by atoms with Gasteiger partial charge in [-0.1, -0.05) is 31.4 Å². The molecule has 0 spiro atoms. The van der Waals surface area contributed by atoms with E-state index in [-0.39, 0.29) is 29.5 Å². The van der Waals surface area contributed by atoms with E-state index in [0.717, 1.165) is 51.1 Å². The first-order valence-corrected chi connectivity index (χ1v) is 10.2. The molecule has 158 valence electrons. The number of aliphatic imine (C=N–C) groups is 1. The third-order valence-electron chi connectivity index (χ3n) is 5.87. The molecule has 1 aliphatic heterocycles. The zero-order valence-corrected chi connectivity index (χ0v) is 19.5. The van der Waals surface area contributed by atoms with Crippen LogP contribution in [0.5, 0.6) is 5.75 Å². The molecule has 0 bridgehead atoms. The molecule has 2 aliphatic rings. The topological polar surface area (TPSA) is 58.1 Å². The zero-order valence-electron chi connectivity index (χ0n) is 17.2. The summed E-state index contributed by atoms with van der Waals surface area (Å²) in [4.78, 5) is 7.08. The van der Waals surface area contributed by atoms with E-state index in [2.05, 4.69) is 32.7 Å². The third kappa shape index (κ3) is 6.22. The maximum Gasteiger partial charge on any atom is 0.191 e. The molecule has 28 heavy (non-hydrogen) atoms. The first kappa shape index (κ1) is 23.2. The Labute approximate surface area is 186 Å². The van der Waals surface area contributed by atoms with Crippen LogP contribution in [0.4, 0.5) is 0 Å². The standard InChI is InChI=1S/C21H34N4O2.HI/c1-22-20(23-16-18-7-6-8-19(15-18)26-2)24-17-21(9-4-3-5-10-21)25-11-13-27-14-12-25;/h6-8,15H,3-5,9-14,16-17H2,1-2H3,(H2,22,23,24);1H. The number of guanidine groups is 1. The largest absolute Gasteiger partial charge is 0.497 e. The van der Waals surface area contributed by atoms with Crippen molar-refractivity contribution in [2.75, 3.05) is 47.0 Å². The second-order valence-electron chi connectivity index (χ2n) is 7.52. The minimum Gasteiger partial charge on any atom is -0.497 e. The van der Waals surface area contributed by atoms with Gasteiger partial charge in [-0.05, 0) is 30.5 Å². The van der Waals surface area contributed by atoms with Crippen molar-refractivity contribution in [3.8, 4) is 5.75 Å². The number of morpholine rings is 1. The number of methoxy groups -OCH3 is 1. The molecule has 1 aliphatic carbocycles. The van der Waals surface area contributed by atoms with Gasteiger partial charge in [-0.15, -0.1) is 24.0 Å². The average Bonchev–Trinajstić information content (AvgIpc) is 2.75. The lowest BCUT2D eigenvalue weighted by Gasteiger charge is -2.48. The number of benzene rings is 1. The Kier molecular flexibility index (Phi) is 9.81. The van der Waals surface area contributed by atoms with Crippen LogP contribution >= 0.6 is 24.0 Å². The van der Waals surface area contributed by atoms with Crippen LogP contribution in [0, 0.1) is 0 Å². The van der Waals surface area contributed by atoms with Gasteiger partial charge in [0.2, 0.25) is 0 Å². The summed E-state index contributed by atoms with van der Waals surface area (Å²) in [6, 6.07) is 8.13. The molecule has 0 amide bonds. The van der Waals surface area contributed by atoms with Gasteiger partial charge >= 0.3 is 0 Å². The molecule has 1 aromatic rings. The van der Waals surface area contributed by atoms with Gasteiger partial charge in [0, 0.05) is 38.8 Å². The van der Waals surface area contributed by atoms with E-state index < -0.39 is 0 Å². The van der Waals surface area contributed by atoms with Crippen molar-refractivity contribution in [3.63, 3.8) is 0 Å². The molecule has 3 rings (SSSR count). The van der Waals surface area contributed by atoms with Gasteiger partial charge in [0.1, 0.15) is 5.75 Å². The fraction of sp³-hybridized carbons (Fsp3) is 0.667. The molecule has 1 heterocycles. The minimum absolute atomic E-state index is 0. The van der Waals surface area contributed by atoms with Crippen LogP contribution in [0.25, 0.3) is 0 Å². The van der Waals surface area contributed by atoms with Crippen LogP contribution in [0.15, 0.2) is 29.3 Å². The molecule has 0 radical (unpaired) electrons. The average molecular weight is 502 g/mol. The van der Waals surface area contributed by atoms with Gasteiger partial charge in [0.05, 0.1) is 20.3 Å². The Morgan fingerprint density at radius 3 is 2.61 bits per heavy atom. The lowest BCUT2D eigenvalue weighted by atomic mass is 9.80. The SMILES string of the molecule is CN=C(NCc1cccc(OC)c1)NCC1(N2CCOCC2)CCCCC1.I. The van der Waals surface area contributed by atoms with E-state index >= 15 is 0 Å². The van der Waals surface area contributed by atoms with Crippen LogP contribution in [0.1, 0.15) is 37.7 Å². The second kappa shape index (κ2) is 11.8. The van der Waals surface area contributed by atoms with E-state index in [1.54, 1.807) is 7.11 Å². The molecule has 1 aromatic carbocycles. The fourth-order valence-electron chi connectivity index (χ4n) is 4.29. The molecule has 2 N–H and O–H groups in total. The molecule has 0 unspecified atom stereocenters. The number of hydrogen-bond donors (Lipinski definition) is 2. The van der Waals surface area contributed by atoms with Crippen molar-refractivity contribution in [2.24, 2.45) is 4.99 Å². The monoisotopic (exact) mass is 502 g/mol. The van der Waals surface area contributed by atoms with Gasteiger partial charge < -0.3 is 20.1 Å². The van der Waals surface area contributed by atoms with E-state index in [4.69, 9.17) is 9.47 Å². The number of nitrogens with one attached hydrogen (secondary N) is 2. The molecule has 2 fully saturated rings. The number of rotatable bonds is 6. The summed E-state index contributed by atoms with van der Waals surface area (Å²) in [5.41, 5.74) is 1.41. The van der Waals surface area contributed by atoms with Crippen molar-refractivity contribution in [1.29, 1.82) is 0 Å². The minimum atomic E-state index is 0. The van der Waals surface area contributed by atoms with E-state index in [9.17, 15) is 0 Å². The third-order valence-corrected chi connectivity index (χ3v) is 5.87. The van der Waals surface area contributed by atoms with Crippen molar-refractivity contribution in [3.05, 3.63) is 29.8 Å². The van der Waals surface area contributed by atoms with Crippen molar-refractivity contribution < 1.29 is 9.47 Å². The van der Waals surface area contributed by atoms with Crippen LogP contribution < -0.4 is 15.4 Å². The van der Waals surface area contributed by atoms with Crippen LogP contribution in [-0.2, 0) is 11.3 Å². The predicted octanol–water partition coefficient (Wildman–Crippen LogP) is 3.01. The second-order valence-corrected chi connectivity index (χ2v) is 7.52. The number of nitrogens with zero attached hydrogens (tertiary/aromatic N) is 2. The summed E-state index contributed by atoms with van der Waals surface area (Å²) < 4.78 is 10.9. The Bertz CT molecular complexity index is 614. The van der Waals surface area contributed by atoms with Gasteiger partial charge in [-0.25, -0.2) is 0 Å². The van der Waals surface area contributed by atoms with E-state index in [0.29, 0.717) is 0 Å². The summed E-state index contributed by atoms with van der Waals surface area (Å²) in [5.74, 6) is 1.74. The highest BCUT2D eigenvalue weighted by Crippen LogP contribution is 2.33. The predicted molar refractivity (Wildman–Crippen MR) is 125 cm³/mol. The number of halogens is 1. The van der Waals surface area contributed by atoms with E-state index in [1.165, 1.54) is 37.7 Å². The lowest BCUT2D eigenvalue weighted by molar-refractivity contribution is -0.0352. The number of ether oxygens (including phenoxy) is 2. The lowest BCUT2D eigenvalue weighted by Crippen LogP contribution is -2.60. The summed E-state index contributed by atoms with van der Waals surface area (Å²) >= 11 is 0. The highest BCUT2D eigenvalue weighted by atomic mass is 127. The number of hydrogen-bond acceptors (Lipinski definition) is 4. The van der Waals surface area contributed by atoms with Gasteiger partial charge in [0.25, 0.3) is 0 Å². The molecule has 0 atom stereocenters. The maximum atomic E-state index is 5.58. The Morgan fingerprint density at radius 2 is 1.93 bits per heavy atom. The molecule has 6 nitrogen and oxygen atoms in total. The van der Waals surface area contributed by atoms with Crippen molar-refractivity contribution >= 4 is 29.9 Å². The molecular formula is C21H35IN4O2. The Hall–Kier alpha value is -1.06. The quantitative estimate of drug-likeness (QED) is 0.356. The smallest absolute Gasteiger partial charge is 0.191 e. The van der Waals surface area contributed by atoms with Crippen LogP contribution in [-0.4, -0.2) is 63.4 Å². The molecule has 1 saturated heterocycles. The van der Waals surface area contributed by atoms with Crippen LogP contribution in [0.2, 0.25) is 0 Å². The Morgan fingerprint density at radius 1 is 1.18 bits per heavy atom. The van der Waals surface area contributed by atoms with Gasteiger partial charge in [0.15, 0.2) is 5.96 Å². The maximum absolute atomic E-state index is 5.58. The van der Waals surface area contributed by atoms with Crippen molar-refractivity contribution in [1.82, 2.24) is 15.5 Å². The molecule has 1 saturated carbocycles. The van der Waals surface area contributed by atoms with Crippen molar-refractivity contribution in [2.45, 2.75) is 44.2 Å². The van der Waals surface area contributed by atoms with Gasteiger partial charge in [-0.3, -0.25) is 9.89 Å². The highest BCUT2D eigenvalue weighted by Gasteiger charge is 2.38. The highest BCUT2D eigenvalue weighted by molar-refractivity contribution is 14.0. The first-order chi connectivity index (χ1) is 13.3.